The first-order valence-corrected chi connectivity index (χ1v) is 37.0. The third-order valence-corrected chi connectivity index (χ3v) is 18.8. The minimum Gasteiger partial charge on any atom is -0.481 e. The van der Waals surface area contributed by atoms with E-state index in [1.54, 1.807) is 12.1 Å². The van der Waals surface area contributed by atoms with Gasteiger partial charge in [0.05, 0.1) is 67.4 Å². The van der Waals surface area contributed by atoms with E-state index < -0.39 is 188 Å². The Hall–Kier alpha value is -12.5. The fourth-order valence-corrected chi connectivity index (χ4v) is 12.4. The first-order valence-electron chi connectivity index (χ1n) is 37.0. The topological polar surface area (TPSA) is 597 Å². The number of Topliss-reactive ketones (excluding diaryl/α,β-unsaturated/α-hetero) is 3. The summed E-state index contributed by atoms with van der Waals surface area (Å²) >= 11 is 0. The molecule has 39 nitrogen and oxygen atoms in total. The standard InChI is InChI=1S/C74H95N21O18/c1-40-13-15-43(16-14-40)9-8-12-60(101)78-23-6-4-10-45(67(106)81-35-62(103)104)26-58(99)53-11-5-7-24-95-36-51(93-94-95)30-54(86-61(102)22-19-46(73(112)113)27-57(98)44-17-20-48(21-18-44)79-33-52-34-80-65-64(85-52)72(111)92-74(75)91-65)69(108)88-55(29-50-32-77-39-83-50)70(109)89-56(37-96)59(100)28-47(25-49-31-76-38-82-49)68(107)90-63(42(3)97)71(110)84-41(2)66(105)87-53/h13-18,20-21,31-32,34,36,38-39,41-42,45-47,53-56,63,79,96-97H,4-12,19,22-30,33,35,37H2,1-3H3,(H,76,82)(H,77,83)(H,78,101)(H,81,106)(H,84,110)(H,86,102)(H,87,105)(H,88,108)(H,89,109)(H,90,107)(H,103,104)(H,112,113)(H3,75,80,91,92,111)/t41-,42+,45-,46-,47+,53+,54+,55-,56-,63-/m1/s1. The number of aliphatic hydroxyl groups is 2. The number of rotatable bonds is 32. The number of benzene rings is 2. The highest BCUT2D eigenvalue weighted by Gasteiger charge is 2.37. The predicted octanol–water partition coefficient (Wildman–Crippen LogP) is -0.818. The van der Waals surface area contributed by atoms with Crippen molar-refractivity contribution in [2.24, 2.45) is 17.8 Å². The number of nitrogens with two attached hydrogens (primary N) is 1. The first kappa shape index (κ1) is 86.0. The summed E-state index contributed by atoms with van der Waals surface area (Å²) in [5, 5.41) is 73.5. The summed E-state index contributed by atoms with van der Waals surface area (Å²) in [7, 11) is 0. The highest BCUT2D eigenvalue weighted by molar-refractivity contribution is 6.00. The summed E-state index contributed by atoms with van der Waals surface area (Å²) in [6, 6.07) is 4.39. The molecular weight excluding hydrogens is 1470 g/mol. The number of aromatic amines is 3. The van der Waals surface area contributed by atoms with Crippen LogP contribution >= 0.6 is 0 Å². The maximum absolute atomic E-state index is 14.8. The molecule has 8 amide bonds. The van der Waals surface area contributed by atoms with Crippen molar-refractivity contribution in [1.29, 1.82) is 0 Å². The number of imidazole rings is 2. The number of carboxylic acid groups (broad SMARTS) is 2. The molecule has 6 heterocycles. The maximum Gasteiger partial charge on any atom is 0.322 e. The summed E-state index contributed by atoms with van der Waals surface area (Å²) in [5.74, 6) is -15.9. The van der Waals surface area contributed by atoms with Gasteiger partial charge in [-0.2, -0.15) is 4.98 Å². The number of amides is 8. The van der Waals surface area contributed by atoms with Crippen LogP contribution in [0.5, 0.6) is 0 Å². The predicted molar refractivity (Wildman–Crippen MR) is 401 cm³/mol. The van der Waals surface area contributed by atoms with E-state index in [1.165, 1.54) is 68.1 Å². The van der Waals surface area contributed by atoms with E-state index in [9.17, 15) is 87.5 Å². The average molecular weight is 1570 g/mol. The van der Waals surface area contributed by atoms with Crippen LogP contribution in [0.3, 0.4) is 0 Å². The van der Waals surface area contributed by atoms with Gasteiger partial charge in [0, 0.05) is 112 Å². The maximum atomic E-state index is 14.8. The van der Waals surface area contributed by atoms with E-state index in [0.29, 0.717) is 42.8 Å². The number of hydrogen-bond acceptors (Lipinski definition) is 25. The van der Waals surface area contributed by atoms with Gasteiger partial charge in [0.1, 0.15) is 36.8 Å². The van der Waals surface area contributed by atoms with Gasteiger partial charge in [-0.05, 0) is 102 Å². The molecule has 1 aliphatic heterocycles. The zero-order chi connectivity index (χ0) is 81.7. The fraction of sp³-hybridized carbons (Fsp3) is 0.473. The van der Waals surface area contributed by atoms with Crippen LogP contribution in [0.2, 0.25) is 0 Å². The molecule has 2 aromatic carbocycles. The van der Waals surface area contributed by atoms with Crippen LogP contribution in [0.15, 0.2) is 90.8 Å². The van der Waals surface area contributed by atoms with Crippen molar-refractivity contribution in [1.82, 2.24) is 97.4 Å². The zero-order valence-corrected chi connectivity index (χ0v) is 62.6. The number of carbonyl (C=O) groups is 13. The van der Waals surface area contributed by atoms with Crippen molar-refractivity contribution < 1.29 is 82.8 Å². The van der Waals surface area contributed by atoms with Gasteiger partial charge in [0.25, 0.3) is 5.56 Å². The number of anilines is 2. The summed E-state index contributed by atoms with van der Waals surface area (Å²) < 4.78 is 1.37. The molecule has 2 bridgehead atoms. The number of carboxylic acids is 2. The van der Waals surface area contributed by atoms with Gasteiger partial charge in [0.15, 0.2) is 28.5 Å². The first-order chi connectivity index (χ1) is 54.1. The molecular formula is C74H95N21O18. The molecule has 10 atom stereocenters. The molecule has 0 spiro atoms. The molecule has 8 rings (SSSR count). The second kappa shape index (κ2) is 42.6. The molecule has 0 saturated heterocycles. The lowest BCUT2D eigenvalue weighted by atomic mass is 9.91. The number of nitrogen functional groups attached to an aromatic ring is 1. The minimum atomic E-state index is -1.80. The quantitative estimate of drug-likeness (QED) is 0.0181. The molecule has 0 fully saturated rings. The molecule has 113 heavy (non-hydrogen) atoms. The molecule has 0 saturated carbocycles. The third-order valence-electron chi connectivity index (χ3n) is 18.8. The number of aryl methyl sites for hydroxylation is 3. The van der Waals surface area contributed by atoms with E-state index in [0.717, 1.165) is 11.1 Å². The minimum absolute atomic E-state index is 0.0278. The van der Waals surface area contributed by atoms with Crippen LogP contribution in [0, 0.1) is 24.7 Å². The number of aliphatic carboxylic acids is 2. The van der Waals surface area contributed by atoms with Gasteiger partial charge in [-0.1, -0.05) is 41.5 Å². The van der Waals surface area contributed by atoms with Crippen molar-refractivity contribution in [2.75, 3.05) is 30.7 Å². The number of unbranched alkanes of at least 4 members (excludes halogenated alkanes) is 1. The van der Waals surface area contributed by atoms with Crippen LogP contribution in [-0.2, 0) is 96.3 Å². The Morgan fingerprint density at radius 2 is 1.43 bits per heavy atom. The van der Waals surface area contributed by atoms with Gasteiger partial charge in [-0.3, -0.25) is 76.8 Å². The average Bonchev–Trinajstić information content (AvgIpc) is 1.13. The number of ketones is 3. The van der Waals surface area contributed by atoms with Crippen molar-refractivity contribution >= 4 is 99.3 Å². The van der Waals surface area contributed by atoms with Crippen LogP contribution in [0.4, 0.5) is 11.6 Å². The lowest BCUT2D eigenvalue weighted by Gasteiger charge is -2.27. The molecule has 604 valence electrons. The second-order valence-corrected chi connectivity index (χ2v) is 27.8. The monoisotopic (exact) mass is 1570 g/mol. The Labute approximate surface area is 646 Å². The third kappa shape index (κ3) is 27.5. The molecule has 0 aliphatic carbocycles. The lowest BCUT2D eigenvalue weighted by Crippen LogP contribution is -2.58. The van der Waals surface area contributed by atoms with Crippen molar-refractivity contribution in [2.45, 2.75) is 185 Å². The fourth-order valence-electron chi connectivity index (χ4n) is 12.4. The van der Waals surface area contributed by atoms with Gasteiger partial charge in [0.2, 0.25) is 53.2 Å². The van der Waals surface area contributed by atoms with Crippen LogP contribution in [0.25, 0.3) is 11.2 Å². The molecule has 1 aliphatic rings. The van der Waals surface area contributed by atoms with E-state index in [2.05, 4.69) is 98.0 Å². The Bertz CT molecular complexity index is 4510. The SMILES string of the molecule is Cc1ccc(CCCC(=O)NCCCC[C@H](CC(=O)[C@@H]2CCCCn3cc(nn3)C[C@H](NC(=O)CC[C@H](CC(=O)c3ccc(NCc4cnc5nc(N)[nH]c(=O)c5n4)cc3)C(=O)O)C(=O)N[C@H](Cc3cnc[nH]3)C(=O)N[C@H](CO)C(=O)C[C@H](Cc3cnc[nH]3)C(=O)N[C@H]([C@H](C)O)C(=O)N[C@H](C)C(=O)N2)C(=O)NCC(=O)O)cc1. The molecule has 18 N–H and O–H groups in total. The molecule has 39 heteroatoms. The van der Waals surface area contributed by atoms with E-state index >= 15 is 0 Å². The molecule has 0 radical (unpaired) electrons. The number of carbonyl (C=O) groups excluding carboxylic acids is 11. The van der Waals surface area contributed by atoms with Gasteiger partial charge >= 0.3 is 11.9 Å². The summed E-state index contributed by atoms with van der Waals surface area (Å²) in [6.07, 6.45) is 5.24. The Morgan fingerprint density at radius 1 is 0.717 bits per heavy atom. The largest absolute Gasteiger partial charge is 0.481 e. The van der Waals surface area contributed by atoms with E-state index in [1.807, 2.05) is 31.2 Å². The molecule has 5 aromatic heterocycles. The van der Waals surface area contributed by atoms with Crippen molar-refractivity contribution in [3.8, 4) is 0 Å². The Morgan fingerprint density at radius 3 is 2.12 bits per heavy atom. The zero-order valence-electron chi connectivity index (χ0n) is 62.6. The summed E-state index contributed by atoms with van der Waals surface area (Å²) in [5.41, 5.74) is 8.99. The van der Waals surface area contributed by atoms with Crippen LogP contribution in [-0.4, -0.2) is 214 Å². The van der Waals surface area contributed by atoms with Crippen molar-refractivity contribution in [3.05, 3.63) is 136 Å². The van der Waals surface area contributed by atoms with Crippen LogP contribution in [0.1, 0.15) is 142 Å². The number of fused-ring (bicyclic) bond motifs is 3. The number of aliphatic hydroxyl groups excluding tert-OH is 2. The summed E-state index contributed by atoms with van der Waals surface area (Å²) in [4.78, 5) is 220. The number of nitrogens with zero attached hydrogens (tertiary/aromatic N) is 8. The Kier molecular flexibility index (Phi) is 32.4. The second-order valence-electron chi connectivity index (χ2n) is 27.8. The Balaban J connectivity index is 1.01. The van der Waals surface area contributed by atoms with Crippen molar-refractivity contribution in [3.63, 3.8) is 0 Å². The molecule has 7 aromatic rings. The lowest BCUT2D eigenvalue weighted by molar-refractivity contribution is -0.142. The van der Waals surface area contributed by atoms with Crippen LogP contribution < -0.4 is 59.1 Å². The van der Waals surface area contributed by atoms with Gasteiger partial charge in [-0.15, -0.1) is 5.10 Å². The smallest absolute Gasteiger partial charge is 0.322 e. The normalized spacial score (nSPS) is 19.3. The number of H-pyrrole nitrogens is 3. The number of aromatic nitrogens is 11. The summed E-state index contributed by atoms with van der Waals surface area (Å²) in [6.45, 7) is 3.01. The van der Waals surface area contributed by atoms with E-state index in [4.69, 9.17) is 5.73 Å². The van der Waals surface area contributed by atoms with Gasteiger partial charge < -0.3 is 84.0 Å². The van der Waals surface area contributed by atoms with E-state index in [-0.39, 0.29) is 105 Å². The molecule has 0 unspecified atom stereocenters. The van der Waals surface area contributed by atoms with Gasteiger partial charge in [-0.25, -0.2) is 19.9 Å². The highest BCUT2D eigenvalue weighted by Crippen LogP contribution is 2.22. The number of hydrogen-bond donors (Lipinski definition) is 17. The highest BCUT2D eigenvalue weighted by atomic mass is 16.4. The number of nitrogens with one attached hydrogen (secondary N) is 12.